The van der Waals surface area contributed by atoms with Crippen molar-refractivity contribution in [2.45, 2.75) is 237 Å². The van der Waals surface area contributed by atoms with Crippen molar-refractivity contribution < 1.29 is 47.9 Å². The quantitative estimate of drug-likeness (QED) is 0.112. The molecule has 336 valence electrons. The molecule has 0 aromatic carbocycles. The zero-order valence-electron chi connectivity index (χ0n) is 40.6. The van der Waals surface area contributed by atoms with Gasteiger partial charge in [-0.05, 0) is 132 Å². The summed E-state index contributed by atoms with van der Waals surface area (Å²) >= 11 is 0. The van der Waals surface area contributed by atoms with Crippen LogP contribution in [-0.4, -0.2) is 94.9 Å². The lowest BCUT2D eigenvalue weighted by Crippen LogP contribution is -2.37. The van der Waals surface area contributed by atoms with E-state index in [0.717, 1.165) is 0 Å². The summed E-state index contributed by atoms with van der Waals surface area (Å²) in [6.45, 7) is 45.5. The minimum Gasteiger partial charge on any atom is -0.375 e. The second kappa shape index (κ2) is 26.8. The van der Waals surface area contributed by atoms with Crippen molar-refractivity contribution in [1.29, 1.82) is 0 Å². The fourth-order valence-corrected chi connectivity index (χ4v) is 4.67. The molecule has 0 rings (SSSR count). The molecule has 0 spiro atoms. The monoisotopic (exact) mass is 805 g/mol. The van der Waals surface area contributed by atoms with E-state index in [1.165, 1.54) is 0 Å². The highest BCUT2D eigenvalue weighted by Crippen LogP contribution is 2.24. The summed E-state index contributed by atoms with van der Waals surface area (Å²) in [5.41, 5.74) is -1.47. The van der Waals surface area contributed by atoms with Gasteiger partial charge >= 0.3 is 0 Å². The third-order valence-electron chi connectivity index (χ3n) is 7.72. The van der Waals surface area contributed by atoms with E-state index in [-0.39, 0.29) is 75.6 Å². The van der Waals surface area contributed by atoms with Gasteiger partial charge in [0.05, 0.1) is 66.1 Å². The van der Waals surface area contributed by atoms with Gasteiger partial charge in [-0.1, -0.05) is 20.8 Å². The maximum Gasteiger partial charge on any atom is 0.160 e. The van der Waals surface area contributed by atoms with Gasteiger partial charge < -0.3 is 33.5 Å². The van der Waals surface area contributed by atoms with Gasteiger partial charge in [-0.2, -0.15) is 0 Å². The fourth-order valence-electron chi connectivity index (χ4n) is 4.67. The largest absolute Gasteiger partial charge is 0.375 e. The molecule has 56 heavy (non-hydrogen) atoms. The minimum atomic E-state index is -0.988. The molecule has 4 unspecified atom stereocenters. The highest BCUT2D eigenvalue weighted by molar-refractivity contribution is 5.79. The molecule has 0 bridgehead atoms. The molecule has 1 N–H and O–H groups in total. The number of aliphatic hydroxyl groups excluding tert-OH is 1. The van der Waals surface area contributed by atoms with Crippen molar-refractivity contribution >= 4 is 17.3 Å². The first-order chi connectivity index (χ1) is 24.9. The summed E-state index contributed by atoms with van der Waals surface area (Å²) in [7, 11) is 0. The molecule has 0 saturated heterocycles. The molecule has 0 aromatic heterocycles. The van der Waals surface area contributed by atoms with Crippen LogP contribution in [0.15, 0.2) is 0 Å². The van der Waals surface area contributed by atoms with Crippen molar-refractivity contribution in [3.63, 3.8) is 0 Å². The van der Waals surface area contributed by atoms with Crippen molar-refractivity contribution in [3.8, 4) is 0 Å². The molecule has 0 aliphatic heterocycles. The predicted molar refractivity (Wildman–Crippen MR) is 230 cm³/mol. The van der Waals surface area contributed by atoms with Gasteiger partial charge in [-0.3, -0.25) is 14.4 Å². The molecular formula is C46H92O10. The summed E-state index contributed by atoms with van der Waals surface area (Å²) in [5, 5.41) is 10.1. The van der Waals surface area contributed by atoms with Crippen molar-refractivity contribution in [2.24, 2.45) is 17.8 Å². The molecule has 0 amide bonds. The topological polar surface area (TPSA) is 127 Å². The van der Waals surface area contributed by atoms with Crippen LogP contribution in [0.2, 0.25) is 0 Å². The lowest BCUT2D eigenvalue weighted by molar-refractivity contribution is -0.206. The van der Waals surface area contributed by atoms with E-state index in [9.17, 15) is 19.5 Å². The van der Waals surface area contributed by atoms with Gasteiger partial charge in [-0.25, -0.2) is 0 Å². The lowest BCUT2D eigenvalue weighted by atomic mass is 9.96. The van der Waals surface area contributed by atoms with E-state index in [4.69, 9.17) is 28.4 Å². The van der Waals surface area contributed by atoms with E-state index in [1.54, 1.807) is 0 Å². The zero-order valence-corrected chi connectivity index (χ0v) is 40.6. The molecule has 0 heterocycles. The Labute approximate surface area is 345 Å². The number of carbonyl (C=O) groups excluding carboxylic acids is 3. The van der Waals surface area contributed by atoms with Crippen LogP contribution < -0.4 is 0 Å². The Morgan fingerprint density at radius 2 is 0.714 bits per heavy atom. The summed E-state index contributed by atoms with van der Waals surface area (Å²) in [6.07, 6.45) is 2.01. The summed E-state index contributed by atoms with van der Waals surface area (Å²) in [6, 6.07) is 0. The summed E-state index contributed by atoms with van der Waals surface area (Å²) in [4.78, 5) is 34.9. The number of carbonyl (C=O) groups is 3. The van der Waals surface area contributed by atoms with Crippen LogP contribution in [-0.2, 0) is 42.8 Å². The highest BCUT2D eigenvalue weighted by atomic mass is 16.6. The average molecular weight is 805 g/mol. The normalized spacial score (nSPS) is 15.2. The molecule has 0 radical (unpaired) electrons. The van der Waals surface area contributed by atoms with Gasteiger partial charge in [0.15, 0.2) is 6.29 Å². The number of ketones is 3. The molecule has 0 saturated carbocycles. The van der Waals surface area contributed by atoms with Gasteiger partial charge in [0.25, 0.3) is 0 Å². The Hall–Kier alpha value is -1.27. The summed E-state index contributed by atoms with van der Waals surface area (Å²) in [5.74, 6) is 0.591. The van der Waals surface area contributed by atoms with Crippen LogP contribution in [0.3, 0.4) is 0 Å². The predicted octanol–water partition coefficient (Wildman–Crippen LogP) is 10.5. The first-order valence-electron chi connectivity index (χ1n) is 21.1. The Morgan fingerprint density at radius 3 is 1.02 bits per heavy atom. The number of ether oxygens (including phenoxy) is 6. The molecular weight excluding hydrogens is 712 g/mol. The number of hydrogen-bond donors (Lipinski definition) is 1. The minimum absolute atomic E-state index is 0.0119. The third kappa shape index (κ3) is 40.9. The van der Waals surface area contributed by atoms with Crippen molar-refractivity contribution in [3.05, 3.63) is 0 Å². The maximum absolute atomic E-state index is 11.7. The Balaban J connectivity index is -0.000000753. The molecule has 0 fully saturated rings. The standard InChI is InChI=1S/C16H32O3.C15H30O4.C15H30O3/c1-9-14(17)10-13(11-18-15(3,4)5)12(2)19-16(6,7)8;1-8-12(16)9-11(10-18-14(2,3)4)13(17)19-15(5,6)7;1-8-13(16)9-12(10-17-14(2,3)4)11-18-15(5,6)7/h12-13H,9-11H2,1-8H3;11,13,17H,8-10H2,1-7H3;12H,8-11H2,1-7H3. The maximum atomic E-state index is 11.7. The molecule has 0 aliphatic carbocycles. The van der Waals surface area contributed by atoms with Crippen LogP contribution in [0.25, 0.3) is 0 Å². The summed E-state index contributed by atoms with van der Waals surface area (Å²) < 4.78 is 34.6. The van der Waals surface area contributed by atoms with Gasteiger partial charge in [-0.15, -0.1) is 0 Å². The molecule has 0 aromatic rings. The van der Waals surface area contributed by atoms with Crippen molar-refractivity contribution in [1.82, 2.24) is 0 Å². The second-order valence-corrected chi connectivity index (χ2v) is 20.9. The van der Waals surface area contributed by atoms with Crippen LogP contribution in [0.1, 0.15) is 191 Å². The molecule has 10 nitrogen and oxygen atoms in total. The van der Waals surface area contributed by atoms with Crippen LogP contribution >= 0.6 is 0 Å². The average Bonchev–Trinajstić information content (AvgIpc) is 2.99. The second-order valence-electron chi connectivity index (χ2n) is 20.9. The van der Waals surface area contributed by atoms with Crippen LogP contribution in [0, 0.1) is 17.8 Å². The number of hydrogen-bond acceptors (Lipinski definition) is 10. The van der Waals surface area contributed by atoms with Crippen molar-refractivity contribution in [2.75, 3.05) is 26.4 Å². The van der Waals surface area contributed by atoms with E-state index >= 15 is 0 Å². The third-order valence-corrected chi connectivity index (χ3v) is 7.72. The molecule has 0 aliphatic rings. The van der Waals surface area contributed by atoms with Crippen LogP contribution in [0.4, 0.5) is 0 Å². The Kier molecular flexibility index (Phi) is 28.2. The van der Waals surface area contributed by atoms with Gasteiger partial charge in [0.1, 0.15) is 17.3 Å². The van der Waals surface area contributed by atoms with Crippen LogP contribution in [0.5, 0.6) is 0 Å². The first kappa shape index (κ1) is 59.0. The highest BCUT2D eigenvalue weighted by Gasteiger charge is 2.29. The van der Waals surface area contributed by atoms with Gasteiger partial charge in [0, 0.05) is 56.3 Å². The first-order valence-corrected chi connectivity index (χ1v) is 21.1. The SMILES string of the molecule is CCC(=O)CC(COC(C)(C)C)C(C)OC(C)(C)C.CCC(=O)CC(COC(C)(C)C)C(O)OC(C)(C)C.CCC(=O)CC(COC(C)(C)C)COC(C)(C)C. The number of aliphatic hydroxyl groups is 1. The van der Waals surface area contributed by atoms with E-state index in [1.807, 2.05) is 152 Å². The molecule has 10 heteroatoms. The fraction of sp³-hybridized carbons (Fsp3) is 0.935. The van der Waals surface area contributed by atoms with Gasteiger partial charge in [0.2, 0.25) is 0 Å². The Bertz CT molecular complexity index is 982. The number of rotatable bonds is 21. The smallest absolute Gasteiger partial charge is 0.160 e. The van der Waals surface area contributed by atoms with E-state index < -0.39 is 11.9 Å². The lowest BCUT2D eigenvalue weighted by Gasteiger charge is -2.32. The molecule has 4 atom stereocenters. The Morgan fingerprint density at radius 1 is 0.429 bits per heavy atom. The number of Topliss-reactive ketones (excluding diaryl/α,β-unsaturated/α-hetero) is 3. The zero-order chi connectivity index (χ0) is 44.9. The van der Waals surface area contributed by atoms with E-state index in [0.29, 0.717) is 58.5 Å². The van der Waals surface area contributed by atoms with E-state index in [2.05, 4.69) is 0 Å².